The van der Waals surface area contributed by atoms with Crippen LogP contribution in [0.25, 0.3) is 11.5 Å². The van der Waals surface area contributed by atoms with Crippen LogP contribution in [0.3, 0.4) is 0 Å². The maximum Gasteiger partial charge on any atom is 0.286 e. The van der Waals surface area contributed by atoms with Gasteiger partial charge in [0.25, 0.3) is 11.8 Å². The van der Waals surface area contributed by atoms with E-state index in [1.54, 1.807) is 50.4 Å². The fourth-order valence-electron chi connectivity index (χ4n) is 5.56. The van der Waals surface area contributed by atoms with E-state index in [2.05, 4.69) is 31.1 Å². The van der Waals surface area contributed by atoms with E-state index in [1.807, 2.05) is 32.0 Å². The number of hydrogen-bond donors (Lipinski definition) is 3. The number of aromatic nitrogens is 3. The molecular weight excluding hydrogens is 614 g/mol. The molecule has 4 amide bonds. The van der Waals surface area contributed by atoms with Crippen LogP contribution in [0.4, 0.5) is 0 Å². The number of carbonyl (C=O) groups is 5. The van der Waals surface area contributed by atoms with E-state index < -0.39 is 29.8 Å². The van der Waals surface area contributed by atoms with Crippen LogP contribution in [0.1, 0.15) is 87.4 Å². The average molecular weight is 660 g/mol. The predicted molar refractivity (Wildman–Crippen MR) is 177 cm³/mol. The number of hydrogen-bond acceptors (Lipinski definition) is 9. The Bertz CT molecular complexity index is 1540. The number of pyridine rings is 1. The van der Waals surface area contributed by atoms with Crippen molar-refractivity contribution in [1.29, 1.82) is 0 Å². The molecule has 4 rings (SSSR count). The molecule has 13 nitrogen and oxygen atoms in total. The lowest BCUT2D eigenvalue weighted by atomic mass is 9.98. The molecular formula is C35H45N7O6. The predicted octanol–water partition coefficient (Wildman–Crippen LogP) is 3.58. The van der Waals surface area contributed by atoms with Crippen LogP contribution in [0.2, 0.25) is 0 Å². The summed E-state index contributed by atoms with van der Waals surface area (Å²) in [7, 11) is 0. The van der Waals surface area contributed by atoms with Gasteiger partial charge >= 0.3 is 0 Å². The third-order valence-corrected chi connectivity index (χ3v) is 8.25. The summed E-state index contributed by atoms with van der Waals surface area (Å²) in [5.41, 5.74) is 1.03. The Morgan fingerprint density at radius 1 is 0.875 bits per heavy atom. The largest absolute Gasteiger partial charge is 0.414 e. The van der Waals surface area contributed by atoms with Crippen LogP contribution in [-0.4, -0.2) is 80.7 Å². The van der Waals surface area contributed by atoms with Gasteiger partial charge in [-0.2, -0.15) is 0 Å². The van der Waals surface area contributed by atoms with Gasteiger partial charge in [0.1, 0.15) is 17.8 Å². The van der Waals surface area contributed by atoms with Gasteiger partial charge in [-0.1, -0.05) is 58.4 Å². The molecule has 1 aromatic carbocycles. The van der Waals surface area contributed by atoms with E-state index in [9.17, 15) is 24.0 Å². The molecule has 3 heterocycles. The van der Waals surface area contributed by atoms with Crippen molar-refractivity contribution in [2.24, 2.45) is 11.8 Å². The number of likely N-dealkylation sites (tertiary alicyclic amines) is 1. The molecule has 1 saturated heterocycles. The molecule has 13 heteroatoms. The van der Waals surface area contributed by atoms with Crippen molar-refractivity contribution < 1.29 is 28.4 Å². The van der Waals surface area contributed by atoms with Crippen LogP contribution in [0, 0.1) is 11.8 Å². The number of nitrogens with zero attached hydrogens (tertiary/aromatic N) is 4. The molecule has 0 aliphatic carbocycles. The number of nitrogens with one attached hydrogen (secondary N) is 3. The first-order valence-corrected chi connectivity index (χ1v) is 16.6. The van der Waals surface area contributed by atoms with E-state index in [4.69, 9.17) is 4.42 Å². The first-order chi connectivity index (χ1) is 23.1. The van der Waals surface area contributed by atoms with Crippen LogP contribution in [0.15, 0.2) is 59.1 Å². The lowest BCUT2D eigenvalue weighted by Crippen LogP contribution is -2.57. The van der Waals surface area contributed by atoms with Gasteiger partial charge < -0.3 is 25.3 Å². The van der Waals surface area contributed by atoms with E-state index in [-0.39, 0.29) is 47.8 Å². The van der Waals surface area contributed by atoms with Crippen molar-refractivity contribution in [2.45, 2.75) is 84.3 Å². The van der Waals surface area contributed by atoms with Crippen molar-refractivity contribution in [1.82, 2.24) is 36.0 Å². The van der Waals surface area contributed by atoms with Gasteiger partial charge in [-0.05, 0) is 61.8 Å². The highest BCUT2D eigenvalue weighted by atomic mass is 16.4. The fourth-order valence-corrected chi connectivity index (χ4v) is 5.56. The smallest absolute Gasteiger partial charge is 0.286 e. The summed E-state index contributed by atoms with van der Waals surface area (Å²) in [6.45, 7) is 8.13. The van der Waals surface area contributed by atoms with Gasteiger partial charge in [-0.3, -0.25) is 29.0 Å². The first kappa shape index (κ1) is 35.9. The molecule has 3 N–H and O–H groups in total. The molecule has 256 valence electrons. The van der Waals surface area contributed by atoms with Gasteiger partial charge in [0.05, 0.1) is 6.04 Å². The van der Waals surface area contributed by atoms with Crippen LogP contribution >= 0.6 is 0 Å². The number of ketones is 1. The topological polar surface area (TPSA) is 176 Å². The Morgan fingerprint density at radius 2 is 1.60 bits per heavy atom. The average Bonchev–Trinajstić information content (AvgIpc) is 3.79. The molecule has 0 unspecified atom stereocenters. The molecule has 3 atom stereocenters. The fraction of sp³-hybridized carbons (Fsp3) is 0.486. The minimum atomic E-state index is -0.942. The summed E-state index contributed by atoms with van der Waals surface area (Å²) >= 11 is 0. The molecule has 0 spiro atoms. The maximum atomic E-state index is 13.7. The molecule has 48 heavy (non-hydrogen) atoms. The Kier molecular flexibility index (Phi) is 12.9. The van der Waals surface area contributed by atoms with Crippen LogP contribution in [-0.2, 0) is 14.4 Å². The molecule has 1 aliphatic rings. The number of unbranched alkanes of at least 4 members (excludes halogenated alkanes) is 2. The van der Waals surface area contributed by atoms with Gasteiger partial charge in [0, 0.05) is 31.3 Å². The van der Waals surface area contributed by atoms with E-state index in [0.717, 1.165) is 6.42 Å². The van der Waals surface area contributed by atoms with Gasteiger partial charge in [-0.15, -0.1) is 10.2 Å². The minimum Gasteiger partial charge on any atom is -0.414 e. The zero-order valence-corrected chi connectivity index (χ0v) is 28.0. The second-order valence-corrected chi connectivity index (χ2v) is 12.6. The Labute approximate surface area is 280 Å². The standard InChI is InChI=1S/C35H45N7O6/c1-22(2)28(30(44)34-41-40-33(48-34)24-14-7-5-8-15-24)39-32(46)26-17-13-21-42(26)35(47)29(23(3)4)38-27(43)18-9-6-11-20-37-31(45)25-16-10-12-19-36-25/h5,7-8,10,12,14-16,19,22-23,26,28-29H,6,9,11,13,17-18,20-21H2,1-4H3,(H,37,45)(H,38,43)(H,39,46)/t26-,28-,29-/m0/s1. The summed E-state index contributed by atoms with van der Waals surface area (Å²) < 4.78 is 5.65. The second-order valence-electron chi connectivity index (χ2n) is 12.6. The van der Waals surface area contributed by atoms with E-state index >= 15 is 0 Å². The summed E-state index contributed by atoms with van der Waals surface area (Å²) in [5.74, 6) is -2.28. The summed E-state index contributed by atoms with van der Waals surface area (Å²) in [6.07, 6.45) is 4.85. The van der Waals surface area contributed by atoms with Crippen LogP contribution < -0.4 is 16.0 Å². The minimum absolute atomic E-state index is 0.201. The van der Waals surface area contributed by atoms with Gasteiger partial charge in [0.15, 0.2) is 0 Å². The van der Waals surface area contributed by atoms with Gasteiger partial charge in [0.2, 0.25) is 29.4 Å². The van der Waals surface area contributed by atoms with Crippen molar-refractivity contribution in [3.63, 3.8) is 0 Å². The molecule has 3 aromatic rings. The summed E-state index contributed by atoms with van der Waals surface area (Å²) in [5, 5.41) is 16.4. The van der Waals surface area contributed by atoms with Crippen molar-refractivity contribution in [2.75, 3.05) is 13.1 Å². The summed E-state index contributed by atoms with van der Waals surface area (Å²) in [4.78, 5) is 71.2. The van der Waals surface area contributed by atoms with Crippen molar-refractivity contribution >= 4 is 29.4 Å². The molecule has 0 saturated carbocycles. The Balaban J connectivity index is 1.28. The highest BCUT2D eigenvalue weighted by Crippen LogP contribution is 2.23. The number of amides is 4. The molecule has 2 aromatic heterocycles. The number of carbonyl (C=O) groups excluding carboxylic acids is 5. The third-order valence-electron chi connectivity index (χ3n) is 8.25. The quantitative estimate of drug-likeness (QED) is 0.153. The highest BCUT2D eigenvalue weighted by molar-refractivity contribution is 6.00. The number of rotatable bonds is 16. The van der Waals surface area contributed by atoms with E-state index in [0.29, 0.717) is 50.0 Å². The van der Waals surface area contributed by atoms with E-state index in [1.165, 1.54) is 4.90 Å². The Morgan fingerprint density at radius 3 is 2.29 bits per heavy atom. The van der Waals surface area contributed by atoms with Crippen molar-refractivity contribution in [3.8, 4) is 11.5 Å². The lowest BCUT2D eigenvalue weighted by molar-refractivity contribution is -0.142. The maximum absolute atomic E-state index is 13.7. The second kappa shape index (κ2) is 17.3. The molecule has 1 fully saturated rings. The summed E-state index contributed by atoms with van der Waals surface area (Å²) in [6, 6.07) is 11.7. The Hall–Kier alpha value is -4.94. The highest BCUT2D eigenvalue weighted by Gasteiger charge is 2.40. The van der Waals surface area contributed by atoms with Crippen LogP contribution in [0.5, 0.6) is 0 Å². The number of benzene rings is 1. The third kappa shape index (κ3) is 9.55. The molecule has 0 radical (unpaired) electrons. The zero-order valence-electron chi connectivity index (χ0n) is 28.0. The first-order valence-electron chi connectivity index (χ1n) is 16.6. The molecule has 0 bridgehead atoms. The van der Waals surface area contributed by atoms with Crippen molar-refractivity contribution in [3.05, 3.63) is 66.3 Å². The zero-order chi connectivity index (χ0) is 34.6. The molecule has 1 aliphatic heterocycles. The van der Waals surface area contributed by atoms with Gasteiger partial charge in [-0.25, -0.2) is 0 Å². The SMILES string of the molecule is CC(C)[C@H](NC(=O)[C@@H]1CCCN1C(=O)[C@@H](NC(=O)CCCCCNC(=O)c1ccccn1)C(C)C)C(=O)c1nnc(-c2ccccc2)o1. The normalized spacial score (nSPS) is 15.6. The number of Topliss-reactive ketones (excluding diaryl/α,β-unsaturated/α-hetero) is 1. The monoisotopic (exact) mass is 659 g/mol. The lowest BCUT2D eigenvalue weighted by Gasteiger charge is -2.31.